The number of alkyl halides is 1. The van der Waals surface area contributed by atoms with Crippen molar-refractivity contribution in [3.63, 3.8) is 0 Å². The lowest BCUT2D eigenvalue weighted by Crippen LogP contribution is -2.25. The monoisotopic (exact) mass is 256 g/mol. The smallest absolute Gasteiger partial charge is 0.205 e. The van der Waals surface area contributed by atoms with Crippen LogP contribution in [0.15, 0.2) is 46.2 Å². The minimum Gasteiger partial charge on any atom is -0.388 e. The van der Waals surface area contributed by atoms with Crippen LogP contribution >= 0.6 is 0 Å². The fraction of sp³-hybridized carbons (Fsp3) is 0.333. The van der Waals surface area contributed by atoms with Crippen molar-refractivity contribution in [1.82, 2.24) is 0 Å². The van der Waals surface area contributed by atoms with Gasteiger partial charge in [0.15, 0.2) is 0 Å². The van der Waals surface area contributed by atoms with Gasteiger partial charge in [0, 0.05) is 0 Å². The Balaban J connectivity index is 2.46. The van der Waals surface area contributed by atoms with E-state index in [2.05, 4.69) is 0 Å². The molecule has 0 heterocycles. The molecule has 5 heteroatoms. The van der Waals surface area contributed by atoms with Gasteiger partial charge in [0.1, 0.15) is 6.17 Å². The first-order chi connectivity index (χ1) is 8.01. The number of benzene rings is 1. The van der Waals surface area contributed by atoms with Gasteiger partial charge in [0.2, 0.25) is 9.84 Å². The number of hydrogen-bond donors (Lipinski definition) is 1. The summed E-state index contributed by atoms with van der Waals surface area (Å²) in [6.07, 6.45) is -1.09. The molecule has 1 aliphatic rings. The maximum Gasteiger partial charge on any atom is 0.205 e. The van der Waals surface area contributed by atoms with Crippen LogP contribution in [0.25, 0.3) is 0 Å². The van der Waals surface area contributed by atoms with Crippen molar-refractivity contribution < 1.29 is 17.9 Å². The molecule has 0 aromatic heterocycles. The van der Waals surface area contributed by atoms with E-state index in [1.165, 1.54) is 12.1 Å². The number of aliphatic hydroxyl groups excluding tert-OH is 1. The third-order valence-corrected chi connectivity index (χ3v) is 4.67. The lowest BCUT2D eigenvalue weighted by molar-refractivity contribution is 0.179. The van der Waals surface area contributed by atoms with Crippen molar-refractivity contribution in [3.8, 4) is 0 Å². The van der Waals surface area contributed by atoms with Crippen LogP contribution in [0.1, 0.15) is 12.8 Å². The molecule has 1 aromatic carbocycles. The number of allylic oxidation sites excluding steroid dienone is 1. The molecule has 0 bridgehead atoms. The zero-order valence-corrected chi connectivity index (χ0v) is 9.90. The van der Waals surface area contributed by atoms with E-state index in [1.807, 2.05) is 0 Å². The maximum absolute atomic E-state index is 13.2. The number of halogens is 1. The van der Waals surface area contributed by atoms with Crippen molar-refractivity contribution in [2.24, 2.45) is 0 Å². The second kappa shape index (κ2) is 4.58. The van der Waals surface area contributed by atoms with E-state index in [4.69, 9.17) is 0 Å². The first kappa shape index (κ1) is 12.3. The summed E-state index contributed by atoms with van der Waals surface area (Å²) in [4.78, 5) is -0.137. The average molecular weight is 256 g/mol. The Kier molecular flexibility index (Phi) is 3.31. The Hall–Kier alpha value is -1.20. The minimum absolute atomic E-state index is 0.0828. The highest BCUT2D eigenvalue weighted by molar-refractivity contribution is 7.95. The Labute approximate surface area is 99.5 Å². The molecule has 0 saturated carbocycles. The summed E-state index contributed by atoms with van der Waals surface area (Å²) in [6.45, 7) is 0. The van der Waals surface area contributed by atoms with E-state index in [0.29, 0.717) is 0 Å². The van der Waals surface area contributed by atoms with Crippen LogP contribution < -0.4 is 0 Å². The van der Waals surface area contributed by atoms with E-state index >= 15 is 0 Å². The molecule has 3 nitrogen and oxygen atoms in total. The predicted octanol–water partition coefficient (Wildman–Crippen LogP) is 1.84. The van der Waals surface area contributed by atoms with Gasteiger partial charge in [0.05, 0.1) is 15.9 Å². The quantitative estimate of drug-likeness (QED) is 0.878. The average Bonchev–Trinajstić information content (AvgIpc) is 2.33. The van der Waals surface area contributed by atoms with Crippen LogP contribution in [-0.4, -0.2) is 25.8 Å². The van der Waals surface area contributed by atoms with Crippen LogP contribution in [0.3, 0.4) is 0 Å². The minimum atomic E-state index is -3.77. The molecular weight excluding hydrogens is 243 g/mol. The van der Waals surface area contributed by atoms with Gasteiger partial charge in [-0.2, -0.15) is 0 Å². The fourth-order valence-electron chi connectivity index (χ4n) is 1.84. The second-order valence-corrected chi connectivity index (χ2v) is 5.94. The molecule has 0 radical (unpaired) electrons. The summed E-state index contributed by atoms with van der Waals surface area (Å²) in [5.41, 5.74) is 0. The van der Waals surface area contributed by atoms with Gasteiger partial charge in [-0.3, -0.25) is 0 Å². The Morgan fingerprint density at radius 3 is 2.47 bits per heavy atom. The van der Waals surface area contributed by atoms with Crippen molar-refractivity contribution in [2.75, 3.05) is 0 Å². The van der Waals surface area contributed by atoms with Crippen molar-refractivity contribution >= 4 is 9.84 Å². The maximum atomic E-state index is 13.2. The Bertz CT molecular complexity index is 522. The first-order valence-corrected chi connectivity index (χ1v) is 6.84. The van der Waals surface area contributed by atoms with E-state index < -0.39 is 22.1 Å². The molecule has 0 aliphatic heterocycles. The van der Waals surface area contributed by atoms with Gasteiger partial charge in [0.25, 0.3) is 0 Å². The molecule has 1 N–H and O–H groups in total. The third-order valence-electron chi connectivity index (χ3n) is 2.75. The SMILES string of the molecule is O=S(=O)(C1=C[C@H](F)CC[C@@H]1O)c1ccccc1. The van der Waals surface area contributed by atoms with Gasteiger partial charge >= 0.3 is 0 Å². The second-order valence-electron chi connectivity index (χ2n) is 3.99. The summed E-state index contributed by atoms with van der Waals surface area (Å²) < 4.78 is 37.5. The standard InChI is InChI=1S/C12H13FO3S/c13-9-6-7-11(14)12(8-9)17(15,16)10-4-2-1-3-5-10/h1-5,8-9,11,14H,6-7H2/t9-,11+/m1/s1. The van der Waals surface area contributed by atoms with E-state index in [0.717, 1.165) is 6.08 Å². The fourth-order valence-corrected chi connectivity index (χ4v) is 3.43. The number of aliphatic hydroxyl groups is 1. The van der Waals surface area contributed by atoms with Gasteiger partial charge < -0.3 is 5.11 Å². The van der Waals surface area contributed by atoms with Gasteiger partial charge in [-0.05, 0) is 31.1 Å². The zero-order chi connectivity index (χ0) is 12.5. The number of hydrogen-bond acceptors (Lipinski definition) is 3. The highest BCUT2D eigenvalue weighted by Crippen LogP contribution is 2.29. The van der Waals surface area contributed by atoms with Crippen LogP contribution in [-0.2, 0) is 9.84 Å². The summed E-state index contributed by atoms with van der Waals surface area (Å²) in [5.74, 6) is 0. The molecule has 0 spiro atoms. The zero-order valence-electron chi connectivity index (χ0n) is 9.08. The molecule has 1 aromatic rings. The molecule has 0 saturated heterocycles. The van der Waals surface area contributed by atoms with E-state index in [-0.39, 0.29) is 22.6 Å². The van der Waals surface area contributed by atoms with Gasteiger partial charge in [-0.25, -0.2) is 12.8 Å². The summed E-state index contributed by atoms with van der Waals surface area (Å²) in [7, 11) is -3.77. The Morgan fingerprint density at radius 2 is 1.82 bits per heavy atom. The van der Waals surface area contributed by atoms with Crippen LogP contribution in [0.5, 0.6) is 0 Å². The molecule has 17 heavy (non-hydrogen) atoms. The van der Waals surface area contributed by atoms with Crippen molar-refractivity contribution in [1.29, 1.82) is 0 Å². The molecule has 1 aliphatic carbocycles. The highest BCUT2D eigenvalue weighted by atomic mass is 32.2. The summed E-state index contributed by atoms with van der Waals surface area (Å²) >= 11 is 0. The molecule has 2 rings (SSSR count). The summed E-state index contributed by atoms with van der Waals surface area (Å²) in [5, 5.41) is 9.67. The largest absolute Gasteiger partial charge is 0.388 e. The third kappa shape index (κ3) is 2.40. The normalized spacial score (nSPS) is 25.4. The predicted molar refractivity (Wildman–Crippen MR) is 61.8 cm³/mol. The molecule has 2 atom stereocenters. The van der Waals surface area contributed by atoms with E-state index in [1.54, 1.807) is 18.2 Å². The van der Waals surface area contributed by atoms with Crippen molar-refractivity contribution in [3.05, 3.63) is 41.3 Å². The number of sulfone groups is 1. The number of rotatable bonds is 2. The Morgan fingerprint density at radius 1 is 1.18 bits per heavy atom. The molecule has 0 unspecified atom stereocenters. The topological polar surface area (TPSA) is 54.4 Å². The van der Waals surface area contributed by atoms with Crippen LogP contribution in [0.2, 0.25) is 0 Å². The van der Waals surface area contributed by atoms with Gasteiger partial charge in [-0.15, -0.1) is 0 Å². The first-order valence-electron chi connectivity index (χ1n) is 5.36. The van der Waals surface area contributed by atoms with Crippen LogP contribution in [0, 0.1) is 0 Å². The van der Waals surface area contributed by atoms with Crippen LogP contribution in [0.4, 0.5) is 4.39 Å². The lowest BCUT2D eigenvalue weighted by atomic mass is 10.0. The molecular formula is C12H13FO3S. The van der Waals surface area contributed by atoms with Gasteiger partial charge in [-0.1, -0.05) is 18.2 Å². The summed E-state index contributed by atoms with van der Waals surface area (Å²) in [6, 6.07) is 7.75. The molecule has 92 valence electrons. The molecule has 0 fully saturated rings. The lowest BCUT2D eigenvalue weighted by Gasteiger charge is -2.21. The highest BCUT2D eigenvalue weighted by Gasteiger charge is 2.31. The molecule has 0 amide bonds. The van der Waals surface area contributed by atoms with E-state index in [9.17, 15) is 17.9 Å². The van der Waals surface area contributed by atoms with Crippen molar-refractivity contribution in [2.45, 2.75) is 30.0 Å².